The molecule has 0 saturated carbocycles. The molecule has 0 fully saturated rings. The van der Waals surface area contributed by atoms with Crippen molar-refractivity contribution in [3.05, 3.63) is 532 Å². The van der Waals surface area contributed by atoms with Gasteiger partial charge in [-0.1, -0.05) is 291 Å². The largest absolute Gasteiger partial charge is 0.456 e. The second-order valence-electron chi connectivity index (χ2n) is 36.0. The highest BCUT2D eigenvalue weighted by atomic mass is 32.1. The van der Waals surface area contributed by atoms with Crippen LogP contribution >= 0.6 is 22.7 Å². The molecule has 0 spiro atoms. The lowest BCUT2D eigenvalue weighted by Gasteiger charge is -2.31. The lowest BCUT2D eigenvalue weighted by Crippen LogP contribution is -2.14. The summed E-state index contributed by atoms with van der Waals surface area (Å²) in [5.41, 5.74) is 24.3. The Morgan fingerprint density at radius 2 is 0.462 bits per heavy atom. The zero-order valence-electron chi connectivity index (χ0n) is 83.5. The maximum absolute atomic E-state index is 8.85. The first-order valence-corrected chi connectivity index (χ1v) is 49.8. The van der Waals surface area contributed by atoms with Crippen LogP contribution in [-0.4, -0.2) is 0 Å². The number of nitrogens with zero attached hydrogens (tertiary/aromatic N) is 6. The minimum absolute atomic E-state index is 0.102. The maximum Gasteiger partial charge on any atom is 0.136 e. The van der Waals surface area contributed by atoms with Crippen LogP contribution in [0.3, 0.4) is 0 Å². The average Bonchev–Trinajstić information content (AvgIpc) is 1.11. The van der Waals surface area contributed by atoms with Gasteiger partial charge in [-0.3, -0.25) is 0 Å². The van der Waals surface area contributed by atoms with Crippen molar-refractivity contribution in [1.82, 2.24) is 0 Å². The molecule has 4 heterocycles. The van der Waals surface area contributed by atoms with Gasteiger partial charge in [-0.2, -0.15) is 0 Å². The van der Waals surface area contributed by atoms with E-state index in [1.165, 1.54) is 89.0 Å². The van der Waals surface area contributed by atoms with Crippen LogP contribution in [0, 0.1) is 20.8 Å². The highest BCUT2D eigenvalue weighted by Gasteiger charge is 2.28. The minimum atomic E-state index is -0.418. The van der Waals surface area contributed by atoms with E-state index in [0.717, 1.165) is 140 Å². The van der Waals surface area contributed by atoms with Crippen LogP contribution in [0.1, 0.15) is 23.5 Å². The van der Waals surface area contributed by atoms with Crippen molar-refractivity contribution in [1.29, 1.82) is 0 Å². The summed E-state index contributed by atoms with van der Waals surface area (Å²) in [6, 6.07) is 169. The molecule has 0 aliphatic rings. The Hall–Kier alpha value is -18.1. The molecule has 0 bridgehead atoms. The second kappa shape index (κ2) is 37.4. The number of anilines is 18. The first-order valence-electron chi connectivity index (χ1n) is 50.7. The zero-order chi connectivity index (χ0) is 99.7. The van der Waals surface area contributed by atoms with Gasteiger partial charge in [0.25, 0.3) is 0 Å². The van der Waals surface area contributed by atoms with Crippen molar-refractivity contribution in [2.75, 3.05) is 29.4 Å². The van der Waals surface area contributed by atoms with E-state index in [-0.39, 0.29) is 29.9 Å². The minimum Gasteiger partial charge on any atom is -0.456 e. The van der Waals surface area contributed by atoms with Crippen LogP contribution in [0.2, 0.25) is 0 Å². The summed E-state index contributed by atoms with van der Waals surface area (Å²) in [5, 5.41) is 19.2. The van der Waals surface area contributed by atoms with Crippen molar-refractivity contribution >= 4 is 252 Å². The SMILES string of the molecule is Cc1ccc(N(c2ccccc2)c2ccc3oc4ccc5ccccc5c4c3c2)cc1N(c1ccccc1)c1ccc2oc3ccc4ccccc4c3c2c1.Cc1ccc(N(c2ccccc2)c2ccc3sc4ccccc4c3c2)cc1N(c1ccccc1)c1cc2ccccc2c2ccccc12.[2H]c1c([2H])c([2H])c(N(c2ccccc2)c2cc(N(c3ccccc3)c3ccc4sc5ccccc5c4c3)ccc2C)c([2H])c1[2H]. The summed E-state index contributed by atoms with van der Waals surface area (Å²) in [4.78, 5) is 13.5. The molecule has 27 aromatic rings. The Balaban J connectivity index is 0.000000116. The van der Waals surface area contributed by atoms with E-state index in [1.54, 1.807) is 16.2 Å². The van der Waals surface area contributed by atoms with Gasteiger partial charge in [-0.25, -0.2) is 0 Å². The number of furan rings is 2. The molecule has 0 aliphatic carbocycles. The van der Waals surface area contributed by atoms with Gasteiger partial charge >= 0.3 is 0 Å². The normalized spacial score (nSPS) is 12.0. The number of benzene rings is 23. The molecule has 0 radical (unpaired) electrons. The average molecular weight is 1880 g/mol. The molecule has 0 unspecified atom stereocenters. The Kier molecular flexibility index (Phi) is 21.2. The fraction of sp³-hybridized carbons (Fsp3) is 0.0226. The predicted octanol–water partition coefficient (Wildman–Crippen LogP) is 40.0. The number of aryl methyl sites for hydroxylation is 3. The van der Waals surface area contributed by atoms with Gasteiger partial charge in [0, 0.05) is 147 Å². The topological polar surface area (TPSA) is 45.7 Å². The third-order valence-electron chi connectivity index (χ3n) is 27.3. The molecule has 0 aliphatic heterocycles. The molecule has 8 nitrogen and oxygen atoms in total. The van der Waals surface area contributed by atoms with Gasteiger partial charge in [0.05, 0.1) is 29.6 Å². The Morgan fingerprint density at radius 1 is 0.175 bits per heavy atom. The number of fused-ring (bicyclic) bond motifs is 19. The molecular formula is C133H94N6O2S2. The van der Waals surface area contributed by atoms with Crippen molar-refractivity contribution in [2.45, 2.75) is 20.8 Å². The van der Waals surface area contributed by atoms with E-state index >= 15 is 0 Å². The zero-order valence-corrected chi connectivity index (χ0v) is 80.1. The standard InChI is InChI=1S/C51H34N2O2.C45H32N2S.C37H28N2S/c1-33-20-23-40(52(36-14-4-2-5-15-36)38-24-28-46-43(30-38)50-41-18-10-8-12-34(41)21-26-48(50)54-46)32-45(33)53(37-16-6-3-7-17-37)39-25-29-47-44(31-39)51-42-19-11-9-13-35(42)22-27-49(51)55-47;1-31-24-25-36(46(33-15-4-2-5-16-33)35-26-27-45-41(29-35)40-22-12-13-23-44(40)48-45)30-42(31)47(34-17-6-3-7-18-34)43-28-32-14-8-9-19-37(32)38-20-10-11-21-39(38)43;1-27-21-22-32(26-35(27)39(29-15-7-3-8-16-29)30-17-9-4-10-18-30)38(28-13-5-2-6-14-28)31-23-24-37-34(25-31)33-19-11-12-20-36(33)40-37/h2-32H,1H3;2-30H,1H3;2-26H,1H3/i;;3D,7D,8D,15D,16D. The predicted molar refractivity (Wildman–Crippen MR) is 612 cm³/mol. The molecule has 4 aromatic heterocycles. The molecule has 0 atom stereocenters. The van der Waals surface area contributed by atoms with Crippen LogP contribution in [0.25, 0.3) is 127 Å². The molecule has 0 saturated heterocycles. The maximum atomic E-state index is 8.85. The Morgan fingerprint density at radius 3 is 0.881 bits per heavy atom. The second-order valence-corrected chi connectivity index (χ2v) is 38.2. The fourth-order valence-corrected chi connectivity index (χ4v) is 22.8. The number of thiophene rings is 2. The van der Waals surface area contributed by atoms with E-state index in [9.17, 15) is 0 Å². The van der Waals surface area contributed by atoms with Gasteiger partial charge < -0.3 is 38.2 Å². The van der Waals surface area contributed by atoms with Gasteiger partial charge in [-0.05, 0) is 300 Å². The molecular weight excluding hydrogens is 1780 g/mol. The Bertz CT molecular complexity index is 9770. The van der Waals surface area contributed by atoms with Crippen molar-refractivity contribution in [2.24, 2.45) is 0 Å². The highest BCUT2D eigenvalue weighted by molar-refractivity contribution is 7.26. The molecule has 27 rings (SSSR count). The number of hydrogen-bond donors (Lipinski definition) is 0. The molecule has 10 heteroatoms. The summed E-state index contributed by atoms with van der Waals surface area (Å²) >= 11 is 3.63. The van der Waals surface area contributed by atoms with Crippen molar-refractivity contribution < 1.29 is 15.7 Å². The van der Waals surface area contributed by atoms with Gasteiger partial charge in [0.1, 0.15) is 22.3 Å². The summed E-state index contributed by atoms with van der Waals surface area (Å²) in [5.74, 6) is 0. The van der Waals surface area contributed by atoms with Crippen LogP contribution < -0.4 is 29.4 Å². The lowest BCUT2D eigenvalue weighted by molar-refractivity contribution is 0.669. The summed E-state index contributed by atoms with van der Waals surface area (Å²) < 4.78 is 60.6. The number of para-hydroxylation sites is 7. The van der Waals surface area contributed by atoms with E-state index in [2.05, 4.69) is 463 Å². The van der Waals surface area contributed by atoms with E-state index < -0.39 is 6.04 Å². The first kappa shape index (κ1) is 81.0. The summed E-state index contributed by atoms with van der Waals surface area (Å²) in [7, 11) is 0. The molecule has 680 valence electrons. The summed E-state index contributed by atoms with van der Waals surface area (Å²) in [6.45, 7) is 6.38. The van der Waals surface area contributed by atoms with Gasteiger partial charge in [0.15, 0.2) is 0 Å². The summed E-state index contributed by atoms with van der Waals surface area (Å²) in [6.07, 6.45) is 0. The molecule has 0 amide bonds. The Labute approximate surface area is 844 Å². The molecule has 0 N–H and O–H groups in total. The van der Waals surface area contributed by atoms with Crippen LogP contribution in [0.15, 0.2) is 524 Å². The van der Waals surface area contributed by atoms with Crippen molar-refractivity contribution in [3.63, 3.8) is 0 Å². The quantitative estimate of drug-likeness (QED) is 0.0788. The number of rotatable bonds is 18. The first-order chi connectivity index (χ1) is 72.7. The van der Waals surface area contributed by atoms with E-state index in [0.29, 0.717) is 11.4 Å². The smallest absolute Gasteiger partial charge is 0.136 e. The van der Waals surface area contributed by atoms with Gasteiger partial charge in [-0.15, -0.1) is 22.7 Å². The van der Waals surface area contributed by atoms with Crippen LogP contribution in [0.4, 0.5) is 102 Å². The van der Waals surface area contributed by atoms with Gasteiger partial charge in [0.2, 0.25) is 0 Å². The van der Waals surface area contributed by atoms with Crippen LogP contribution in [-0.2, 0) is 0 Å². The fourth-order valence-electron chi connectivity index (χ4n) is 20.6. The highest BCUT2D eigenvalue weighted by Crippen LogP contribution is 2.52. The monoisotopic (exact) mass is 1880 g/mol. The molecule has 143 heavy (non-hydrogen) atoms. The van der Waals surface area contributed by atoms with E-state index in [1.807, 2.05) is 78.9 Å². The lowest BCUT2D eigenvalue weighted by atomic mass is 9.98. The van der Waals surface area contributed by atoms with Crippen molar-refractivity contribution in [3.8, 4) is 0 Å². The third kappa shape index (κ3) is 16.2. The van der Waals surface area contributed by atoms with E-state index in [4.69, 9.17) is 15.7 Å². The number of hydrogen-bond acceptors (Lipinski definition) is 10. The molecule has 23 aromatic carbocycles. The van der Waals surface area contributed by atoms with Crippen LogP contribution in [0.5, 0.6) is 0 Å². The third-order valence-corrected chi connectivity index (χ3v) is 29.6.